The van der Waals surface area contributed by atoms with Gasteiger partial charge < -0.3 is 10.2 Å². The average molecular weight is 461 g/mol. The maximum atomic E-state index is 13.6. The molecule has 0 spiro atoms. The molecule has 0 saturated carbocycles. The van der Waals surface area contributed by atoms with Gasteiger partial charge in [0.05, 0.1) is 5.75 Å². The van der Waals surface area contributed by atoms with Crippen molar-refractivity contribution >= 4 is 23.6 Å². The normalized spacial score (nSPS) is 11.8. The van der Waals surface area contributed by atoms with Crippen LogP contribution in [-0.4, -0.2) is 34.6 Å². The molecule has 0 bridgehead atoms. The van der Waals surface area contributed by atoms with Gasteiger partial charge in [-0.1, -0.05) is 78.4 Å². The fraction of sp³-hybridized carbons (Fsp3) is 0.286. The van der Waals surface area contributed by atoms with E-state index in [0.717, 1.165) is 21.6 Å². The van der Waals surface area contributed by atoms with Gasteiger partial charge in [-0.25, -0.2) is 0 Å². The number of nitrogens with zero attached hydrogens (tertiary/aromatic N) is 1. The predicted octanol–water partition coefficient (Wildman–Crippen LogP) is 5.25. The second kappa shape index (κ2) is 12.3. The first-order valence-corrected chi connectivity index (χ1v) is 12.3. The van der Waals surface area contributed by atoms with Crippen molar-refractivity contribution in [3.8, 4) is 0 Å². The lowest BCUT2D eigenvalue weighted by molar-refractivity contribution is -0.139. The van der Waals surface area contributed by atoms with E-state index in [4.69, 9.17) is 0 Å². The first kappa shape index (κ1) is 24.6. The van der Waals surface area contributed by atoms with Gasteiger partial charge in [0.25, 0.3) is 0 Å². The van der Waals surface area contributed by atoms with E-state index < -0.39 is 6.04 Å². The number of benzene rings is 3. The summed E-state index contributed by atoms with van der Waals surface area (Å²) >= 11 is 1.50. The van der Waals surface area contributed by atoms with Crippen molar-refractivity contribution in [3.63, 3.8) is 0 Å². The molecule has 3 aromatic carbocycles. The largest absolute Gasteiger partial charge is 0.352 e. The molecule has 4 nitrogen and oxygen atoms in total. The summed E-state index contributed by atoms with van der Waals surface area (Å²) in [7, 11) is 0. The number of thioether (sulfide) groups is 1. The zero-order valence-corrected chi connectivity index (χ0v) is 20.3. The number of rotatable bonds is 10. The third kappa shape index (κ3) is 7.79. The molecule has 3 aromatic rings. The Balaban J connectivity index is 1.90. The van der Waals surface area contributed by atoms with E-state index in [1.807, 2.05) is 99.6 Å². The average Bonchev–Trinajstić information content (AvgIpc) is 2.80. The summed E-state index contributed by atoms with van der Waals surface area (Å²) in [6, 6.07) is 27.3. The van der Waals surface area contributed by atoms with Gasteiger partial charge in [-0.3, -0.25) is 9.59 Å². The van der Waals surface area contributed by atoms with Crippen molar-refractivity contribution in [1.29, 1.82) is 0 Å². The predicted molar refractivity (Wildman–Crippen MR) is 136 cm³/mol. The molecule has 1 atom stereocenters. The highest BCUT2D eigenvalue weighted by molar-refractivity contribution is 8.00. The number of aryl methyl sites for hydroxylation is 1. The fourth-order valence-electron chi connectivity index (χ4n) is 3.69. The highest BCUT2D eigenvalue weighted by Gasteiger charge is 2.30. The number of nitrogens with one attached hydrogen (secondary N) is 1. The zero-order valence-electron chi connectivity index (χ0n) is 19.5. The van der Waals surface area contributed by atoms with Crippen LogP contribution in [0.2, 0.25) is 0 Å². The van der Waals surface area contributed by atoms with Crippen molar-refractivity contribution in [2.75, 3.05) is 5.75 Å². The van der Waals surface area contributed by atoms with Gasteiger partial charge in [-0.2, -0.15) is 0 Å². The van der Waals surface area contributed by atoms with E-state index >= 15 is 0 Å². The second-order valence-corrected chi connectivity index (χ2v) is 9.53. The summed E-state index contributed by atoms with van der Waals surface area (Å²) < 4.78 is 0. The standard InChI is InChI=1S/C28H32N2O2S/c1-21(2)29-28(32)26(18-23-12-6-4-7-13-23)30(19-24-14-10-11-22(3)17-24)27(31)20-33-25-15-8-5-9-16-25/h4-17,21,26H,18-20H2,1-3H3,(H,29,32)/t26-/m1/s1. The lowest BCUT2D eigenvalue weighted by atomic mass is 10.0. The molecule has 0 aromatic heterocycles. The summed E-state index contributed by atoms with van der Waals surface area (Å²) in [6.07, 6.45) is 0.465. The van der Waals surface area contributed by atoms with Gasteiger partial charge in [0.15, 0.2) is 0 Å². The number of hydrogen-bond acceptors (Lipinski definition) is 3. The smallest absolute Gasteiger partial charge is 0.243 e. The third-order valence-corrected chi connectivity index (χ3v) is 6.24. The van der Waals surface area contributed by atoms with E-state index in [9.17, 15) is 9.59 Å². The molecule has 3 rings (SSSR count). The molecule has 5 heteroatoms. The maximum Gasteiger partial charge on any atom is 0.243 e. The molecule has 0 heterocycles. The highest BCUT2D eigenvalue weighted by Crippen LogP contribution is 2.21. The number of carbonyl (C=O) groups excluding carboxylic acids is 2. The van der Waals surface area contributed by atoms with Crippen LogP contribution in [0.1, 0.15) is 30.5 Å². The topological polar surface area (TPSA) is 49.4 Å². The Morgan fingerprint density at radius 1 is 0.879 bits per heavy atom. The molecule has 0 radical (unpaired) electrons. The Morgan fingerprint density at radius 2 is 1.52 bits per heavy atom. The summed E-state index contributed by atoms with van der Waals surface area (Å²) in [5.41, 5.74) is 3.17. The molecule has 0 fully saturated rings. The monoisotopic (exact) mass is 460 g/mol. The zero-order chi connectivity index (χ0) is 23.6. The molecule has 172 valence electrons. The molecule has 0 saturated heterocycles. The molecule has 1 N–H and O–H groups in total. The maximum absolute atomic E-state index is 13.6. The van der Waals surface area contributed by atoms with E-state index in [2.05, 4.69) is 11.4 Å². The Hall–Kier alpha value is -3.05. The molecular formula is C28H32N2O2S. The van der Waals surface area contributed by atoms with Gasteiger partial charge in [0.2, 0.25) is 11.8 Å². The minimum absolute atomic E-state index is 0.00890. The lowest BCUT2D eigenvalue weighted by Crippen LogP contribution is -2.52. The molecule has 0 unspecified atom stereocenters. The third-order valence-electron chi connectivity index (χ3n) is 5.24. The number of hydrogen-bond donors (Lipinski definition) is 1. The molecule has 2 amide bonds. The molecular weight excluding hydrogens is 428 g/mol. The van der Waals surface area contributed by atoms with Crippen LogP contribution >= 0.6 is 11.8 Å². The van der Waals surface area contributed by atoms with Crippen LogP contribution in [0.15, 0.2) is 89.8 Å². The Bertz CT molecular complexity index is 1040. The van der Waals surface area contributed by atoms with Crippen molar-refractivity contribution in [2.45, 2.75) is 50.7 Å². The minimum Gasteiger partial charge on any atom is -0.352 e. The summed E-state index contributed by atoms with van der Waals surface area (Å²) in [5.74, 6) is 0.0977. The van der Waals surface area contributed by atoms with Crippen LogP contribution in [0.25, 0.3) is 0 Å². The summed E-state index contributed by atoms with van der Waals surface area (Å²) in [4.78, 5) is 29.7. The molecule has 0 aliphatic rings. The van der Waals surface area contributed by atoms with Crippen LogP contribution < -0.4 is 5.32 Å². The Morgan fingerprint density at radius 3 is 2.15 bits per heavy atom. The van der Waals surface area contributed by atoms with Crippen LogP contribution in [0.5, 0.6) is 0 Å². The fourth-order valence-corrected chi connectivity index (χ4v) is 4.49. The van der Waals surface area contributed by atoms with Gasteiger partial charge in [0, 0.05) is 23.9 Å². The van der Waals surface area contributed by atoms with Crippen LogP contribution in [0, 0.1) is 6.92 Å². The Labute approximate surface area is 201 Å². The second-order valence-electron chi connectivity index (χ2n) is 8.48. The first-order valence-electron chi connectivity index (χ1n) is 11.3. The number of carbonyl (C=O) groups is 2. The lowest BCUT2D eigenvalue weighted by Gasteiger charge is -2.32. The number of amides is 2. The van der Waals surface area contributed by atoms with Crippen molar-refractivity contribution in [2.24, 2.45) is 0 Å². The summed E-state index contributed by atoms with van der Waals surface area (Å²) in [5, 5.41) is 3.03. The molecule has 33 heavy (non-hydrogen) atoms. The van der Waals surface area contributed by atoms with Crippen LogP contribution in [-0.2, 0) is 22.6 Å². The van der Waals surface area contributed by atoms with E-state index in [0.29, 0.717) is 13.0 Å². The van der Waals surface area contributed by atoms with Crippen molar-refractivity contribution in [3.05, 3.63) is 102 Å². The van der Waals surface area contributed by atoms with Crippen molar-refractivity contribution in [1.82, 2.24) is 10.2 Å². The minimum atomic E-state index is -0.598. The first-order chi connectivity index (χ1) is 15.9. The van der Waals surface area contributed by atoms with E-state index in [-0.39, 0.29) is 23.6 Å². The quantitative estimate of drug-likeness (QED) is 0.420. The van der Waals surface area contributed by atoms with Gasteiger partial charge in [0.1, 0.15) is 6.04 Å². The molecule has 0 aliphatic heterocycles. The van der Waals surface area contributed by atoms with E-state index in [1.165, 1.54) is 11.8 Å². The van der Waals surface area contributed by atoms with Crippen molar-refractivity contribution < 1.29 is 9.59 Å². The van der Waals surface area contributed by atoms with Crippen LogP contribution in [0.4, 0.5) is 0 Å². The van der Waals surface area contributed by atoms with Gasteiger partial charge in [-0.05, 0) is 44.0 Å². The van der Waals surface area contributed by atoms with E-state index in [1.54, 1.807) is 4.90 Å². The highest BCUT2D eigenvalue weighted by atomic mass is 32.2. The Kier molecular flexibility index (Phi) is 9.14. The summed E-state index contributed by atoms with van der Waals surface area (Å²) in [6.45, 7) is 6.30. The molecule has 0 aliphatic carbocycles. The van der Waals surface area contributed by atoms with Gasteiger partial charge >= 0.3 is 0 Å². The SMILES string of the molecule is Cc1cccc(CN(C(=O)CSc2ccccc2)[C@H](Cc2ccccc2)C(=O)NC(C)C)c1. The van der Waals surface area contributed by atoms with Gasteiger partial charge in [-0.15, -0.1) is 11.8 Å². The van der Waals surface area contributed by atoms with Crippen LogP contribution in [0.3, 0.4) is 0 Å².